The Hall–Kier alpha value is -3.26. The van der Waals surface area contributed by atoms with Crippen LogP contribution in [0.1, 0.15) is 74.8 Å². The van der Waals surface area contributed by atoms with Crippen molar-refractivity contribution in [2.24, 2.45) is 5.41 Å². The second kappa shape index (κ2) is 14.2. The lowest BCUT2D eigenvalue weighted by Gasteiger charge is -2.46. The van der Waals surface area contributed by atoms with Gasteiger partial charge in [-0.05, 0) is 84.9 Å². The van der Waals surface area contributed by atoms with Crippen molar-refractivity contribution < 1.29 is 19.0 Å². The molecule has 0 spiro atoms. The van der Waals surface area contributed by atoms with E-state index in [1.54, 1.807) is 0 Å². The van der Waals surface area contributed by atoms with Crippen molar-refractivity contribution >= 4 is 17.5 Å². The van der Waals surface area contributed by atoms with Crippen LogP contribution in [0.4, 0.5) is 0 Å². The summed E-state index contributed by atoms with van der Waals surface area (Å²) in [5.41, 5.74) is 7.60. The molecule has 8 heteroatoms. The zero-order chi connectivity index (χ0) is 32.3. The third-order valence-corrected chi connectivity index (χ3v) is 9.74. The molecule has 0 aromatic heterocycles. The zero-order valence-electron chi connectivity index (χ0n) is 27.7. The number of nitrogens with one attached hydrogen (secondary N) is 2. The fourth-order valence-electron chi connectivity index (χ4n) is 7.31. The van der Waals surface area contributed by atoms with Crippen LogP contribution in [0.2, 0.25) is 5.02 Å². The summed E-state index contributed by atoms with van der Waals surface area (Å²) in [5, 5.41) is 7.02. The maximum atomic E-state index is 11.5. The normalized spacial score (nSPS) is 20.2. The molecular weight excluding hydrogens is 598 g/mol. The van der Waals surface area contributed by atoms with Crippen LogP contribution >= 0.6 is 11.6 Å². The number of nitrogens with zero attached hydrogens (tertiary/aromatic N) is 1. The van der Waals surface area contributed by atoms with E-state index in [0.717, 1.165) is 55.9 Å². The molecule has 0 radical (unpaired) electrons. The highest BCUT2D eigenvalue weighted by molar-refractivity contribution is 6.32. The van der Waals surface area contributed by atoms with Crippen LogP contribution in [0.3, 0.4) is 0 Å². The van der Waals surface area contributed by atoms with Crippen LogP contribution in [0.15, 0.2) is 48.5 Å². The summed E-state index contributed by atoms with van der Waals surface area (Å²) in [6.45, 7) is 14.8. The minimum Gasteiger partial charge on any atom is -0.493 e. The number of carbonyl (C=O) groups excluding carboxylic acids is 1. The number of hydrogen-bond acceptors (Lipinski definition) is 6. The largest absolute Gasteiger partial charge is 0.493 e. The summed E-state index contributed by atoms with van der Waals surface area (Å²) >= 11 is 6.81. The molecule has 2 atom stereocenters. The van der Waals surface area contributed by atoms with Gasteiger partial charge in [0.15, 0.2) is 0 Å². The average molecular weight is 646 g/mol. The highest BCUT2D eigenvalue weighted by Gasteiger charge is 2.33. The highest BCUT2D eigenvalue weighted by Crippen LogP contribution is 2.44. The number of benzene rings is 3. The van der Waals surface area contributed by atoms with E-state index >= 15 is 0 Å². The molecule has 2 heterocycles. The average Bonchev–Trinajstić information content (AvgIpc) is 3.63. The van der Waals surface area contributed by atoms with E-state index in [1.165, 1.54) is 40.9 Å². The van der Waals surface area contributed by atoms with Crippen molar-refractivity contribution in [3.63, 3.8) is 0 Å². The Morgan fingerprint density at radius 2 is 1.80 bits per heavy atom. The molecule has 0 unspecified atom stereocenters. The number of likely N-dealkylation sites (tertiary alicyclic amines) is 1. The number of carbonyl (C=O) groups is 1. The van der Waals surface area contributed by atoms with Crippen molar-refractivity contribution in [1.29, 1.82) is 0 Å². The third-order valence-electron chi connectivity index (χ3n) is 9.44. The van der Waals surface area contributed by atoms with Gasteiger partial charge in [0.1, 0.15) is 23.4 Å². The molecule has 3 aromatic rings. The van der Waals surface area contributed by atoms with Crippen LogP contribution in [-0.2, 0) is 17.8 Å². The Balaban J connectivity index is 1.12. The molecule has 3 aromatic carbocycles. The van der Waals surface area contributed by atoms with E-state index in [9.17, 15) is 4.79 Å². The molecule has 1 amide bonds. The maximum Gasteiger partial charge on any atom is 0.220 e. The number of ether oxygens (including phenoxy) is 3. The Labute approximate surface area is 278 Å². The minimum absolute atomic E-state index is 0.0944. The number of halogens is 1. The number of amides is 1. The summed E-state index contributed by atoms with van der Waals surface area (Å²) in [4.78, 5) is 14.0. The fourth-order valence-corrected chi connectivity index (χ4v) is 7.54. The highest BCUT2D eigenvalue weighted by atomic mass is 35.5. The third kappa shape index (κ3) is 7.48. The predicted molar refractivity (Wildman–Crippen MR) is 184 cm³/mol. The molecule has 3 aliphatic rings. The fraction of sp³-hybridized carbons (Fsp3) is 0.500. The van der Waals surface area contributed by atoms with Gasteiger partial charge < -0.3 is 29.7 Å². The van der Waals surface area contributed by atoms with E-state index in [1.807, 2.05) is 19.1 Å². The smallest absolute Gasteiger partial charge is 0.220 e. The van der Waals surface area contributed by atoms with E-state index in [0.29, 0.717) is 42.3 Å². The lowest BCUT2D eigenvalue weighted by molar-refractivity contribution is -0.119. The molecule has 46 heavy (non-hydrogen) atoms. The van der Waals surface area contributed by atoms with Gasteiger partial charge in [0.25, 0.3) is 0 Å². The molecule has 2 aliphatic heterocycles. The molecular formula is C38H48ClN3O4. The second-order valence-electron chi connectivity index (χ2n) is 13.8. The van der Waals surface area contributed by atoms with Crippen LogP contribution in [0.25, 0.3) is 11.1 Å². The standard InChI is InChI=1S/C38H48ClN3O4/c1-5-44-35-20-36(32(39)19-26(35)21-40-22-27-13-16-37(43)41-27)46-34-15-14-30-29(10-6-11-31(30)34)28-9-7-12-33(25(28)2)45-18-8-17-42-23-38(3,4)24-42/h6-7,9-12,19-20,27,34,40H,5,8,13-18,21-24H2,1-4H3,(H,41,43)/t27-,34-/m0/s1. The number of rotatable bonds is 14. The van der Waals surface area contributed by atoms with Gasteiger partial charge in [0.2, 0.25) is 5.91 Å². The van der Waals surface area contributed by atoms with Gasteiger partial charge in [-0.25, -0.2) is 0 Å². The van der Waals surface area contributed by atoms with Gasteiger partial charge in [-0.3, -0.25) is 4.79 Å². The first-order valence-corrected chi connectivity index (χ1v) is 17.3. The lowest BCUT2D eigenvalue weighted by atomic mass is 9.84. The molecule has 2 N–H and O–H groups in total. The molecule has 6 rings (SSSR count). The molecule has 7 nitrogen and oxygen atoms in total. The van der Waals surface area contributed by atoms with Crippen molar-refractivity contribution in [3.8, 4) is 28.4 Å². The first-order chi connectivity index (χ1) is 22.2. The monoisotopic (exact) mass is 645 g/mol. The summed E-state index contributed by atoms with van der Waals surface area (Å²) in [6.07, 6.45) is 4.21. The van der Waals surface area contributed by atoms with Crippen molar-refractivity contribution in [2.45, 2.75) is 78.5 Å². The summed E-state index contributed by atoms with van der Waals surface area (Å²) in [6, 6.07) is 17.0. The first-order valence-electron chi connectivity index (χ1n) is 16.9. The Morgan fingerprint density at radius 3 is 2.57 bits per heavy atom. The summed E-state index contributed by atoms with van der Waals surface area (Å²) in [7, 11) is 0. The van der Waals surface area contributed by atoms with Gasteiger partial charge in [0, 0.05) is 56.8 Å². The van der Waals surface area contributed by atoms with E-state index in [2.05, 4.69) is 72.7 Å². The Kier molecular flexibility index (Phi) is 10.1. The minimum atomic E-state index is -0.0944. The lowest BCUT2D eigenvalue weighted by Crippen LogP contribution is -2.53. The van der Waals surface area contributed by atoms with Gasteiger partial charge in [-0.2, -0.15) is 0 Å². The topological polar surface area (TPSA) is 72.1 Å². The van der Waals surface area contributed by atoms with Crippen molar-refractivity contribution in [2.75, 3.05) is 39.4 Å². The van der Waals surface area contributed by atoms with Crippen LogP contribution in [0, 0.1) is 12.3 Å². The van der Waals surface area contributed by atoms with E-state index in [4.69, 9.17) is 25.8 Å². The van der Waals surface area contributed by atoms with Crippen LogP contribution < -0.4 is 24.8 Å². The number of hydrogen-bond donors (Lipinski definition) is 2. The van der Waals surface area contributed by atoms with Crippen LogP contribution in [-0.4, -0.2) is 56.2 Å². The Morgan fingerprint density at radius 1 is 1.00 bits per heavy atom. The predicted octanol–water partition coefficient (Wildman–Crippen LogP) is 7.26. The molecule has 0 saturated carbocycles. The SMILES string of the molecule is CCOc1cc(O[C@H]2CCc3c(-c4cccc(OCCCN5CC(C)(C)C5)c4C)cccc32)c(Cl)cc1CNC[C@@H]1CCC(=O)N1. The van der Waals surface area contributed by atoms with Crippen molar-refractivity contribution in [3.05, 3.63) is 75.8 Å². The molecule has 2 saturated heterocycles. The summed E-state index contributed by atoms with van der Waals surface area (Å²) in [5.74, 6) is 2.48. The molecule has 0 bridgehead atoms. The van der Waals surface area contributed by atoms with Gasteiger partial charge in [-0.1, -0.05) is 55.8 Å². The first kappa shape index (κ1) is 32.7. The zero-order valence-corrected chi connectivity index (χ0v) is 28.5. The van der Waals surface area contributed by atoms with Crippen LogP contribution in [0.5, 0.6) is 17.2 Å². The molecule has 2 fully saturated rings. The second-order valence-corrected chi connectivity index (χ2v) is 14.2. The Bertz CT molecular complexity index is 1550. The molecule has 1 aliphatic carbocycles. The van der Waals surface area contributed by atoms with Gasteiger partial charge >= 0.3 is 0 Å². The summed E-state index contributed by atoms with van der Waals surface area (Å²) < 4.78 is 18.9. The van der Waals surface area contributed by atoms with Gasteiger partial charge in [0.05, 0.1) is 18.2 Å². The van der Waals surface area contributed by atoms with E-state index in [-0.39, 0.29) is 18.1 Å². The molecule has 246 valence electrons. The maximum absolute atomic E-state index is 11.5. The quantitative estimate of drug-likeness (QED) is 0.180. The van der Waals surface area contributed by atoms with Crippen molar-refractivity contribution in [1.82, 2.24) is 15.5 Å². The van der Waals surface area contributed by atoms with Gasteiger partial charge in [-0.15, -0.1) is 0 Å². The van der Waals surface area contributed by atoms with E-state index < -0.39 is 0 Å². The number of fused-ring (bicyclic) bond motifs is 1.